The SMILES string of the molecule is Cc1ccc(C(=O)/C(=C/c2ccc(Cl)cc2)c2nc3ccccc3o2)cc1. The van der Waals surface area contributed by atoms with Gasteiger partial charge in [0.25, 0.3) is 0 Å². The van der Waals surface area contributed by atoms with E-state index in [1.54, 1.807) is 18.2 Å². The highest BCUT2D eigenvalue weighted by Crippen LogP contribution is 2.26. The molecule has 0 fully saturated rings. The van der Waals surface area contributed by atoms with Gasteiger partial charge in [-0.2, -0.15) is 0 Å². The summed E-state index contributed by atoms with van der Waals surface area (Å²) in [6, 6.07) is 22.2. The van der Waals surface area contributed by atoms with Gasteiger partial charge in [-0.25, -0.2) is 4.98 Å². The van der Waals surface area contributed by atoms with Gasteiger partial charge in [0.1, 0.15) is 5.52 Å². The summed E-state index contributed by atoms with van der Waals surface area (Å²) in [6.07, 6.45) is 1.78. The molecule has 1 heterocycles. The monoisotopic (exact) mass is 373 g/mol. The third kappa shape index (κ3) is 3.69. The zero-order chi connectivity index (χ0) is 18.8. The number of Topliss-reactive ketones (excluding diaryl/α,β-unsaturated/α-hetero) is 1. The van der Waals surface area contributed by atoms with E-state index >= 15 is 0 Å². The summed E-state index contributed by atoms with van der Waals surface area (Å²) in [6.45, 7) is 1.99. The van der Waals surface area contributed by atoms with Gasteiger partial charge in [0, 0.05) is 10.6 Å². The van der Waals surface area contributed by atoms with E-state index in [0.717, 1.165) is 11.1 Å². The fourth-order valence-electron chi connectivity index (χ4n) is 2.80. The molecular formula is C23H16ClNO2. The van der Waals surface area contributed by atoms with Gasteiger partial charge in [0.15, 0.2) is 11.4 Å². The van der Waals surface area contributed by atoms with E-state index in [1.165, 1.54) is 0 Å². The van der Waals surface area contributed by atoms with Crippen LogP contribution in [-0.4, -0.2) is 10.8 Å². The average Bonchev–Trinajstić information content (AvgIpc) is 3.11. The lowest BCUT2D eigenvalue weighted by Gasteiger charge is -2.05. The molecule has 4 heteroatoms. The molecule has 0 aliphatic carbocycles. The van der Waals surface area contributed by atoms with Gasteiger partial charge in [-0.15, -0.1) is 0 Å². The maximum Gasteiger partial charge on any atom is 0.231 e. The minimum absolute atomic E-state index is 0.142. The normalized spacial score (nSPS) is 11.7. The fourth-order valence-corrected chi connectivity index (χ4v) is 2.92. The van der Waals surface area contributed by atoms with Gasteiger partial charge in [-0.1, -0.05) is 65.7 Å². The quantitative estimate of drug-likeness (QED) is 0.315. The third-order valence-electron chi connectivity index (χ3n) is 4.26. The van der Waals surface area contributed by atoms with Crippen molar-refractivity contribution < 1.29 is 9.21 Å². The molecule has 0 unspecified atom stereocenters. The van der Waals surface area contributed by atoms with Crippen LogP contribution in [0.5, 0.6) is 0 Å². The highest BCUT2D eigenvalue weighted by atomic mass is 35.5. The van der Waals surface area contributed by atoms with Crippen molar-refractivity contribution >= 4 is 40.1 Å². The topological polar surface area (TPSA) is 43.1 Å². The number of para-hydroxylation sites is 2. The van der Waals surface area contributed by atoms with Gasteiger partial charge < -0.3 is 4.42 Å². The summed E-state index contributed by atoms with van der Waals surface area (Å²) in [4.78, 5) is 17.7. The lowest BCUT2D eigenvalue weighted by atomic mass is 10.00. The minimum Gasteiger partial charge on any atom is -0.436 e. The number of nitrogens with zero attached hydrogens (tertiary/aromatic N) is 1. The van der Waals surface area contributed by atoms with Crippen LogP contribution in [0.3, 0.4) is 0 Å². The van der Waals surface area contributed by atoms with E-state index in [4.69, 9.17) is 16.0 Å². The molecule has 1 aromatic heterocycles. The maximum atomic E-state index is 13.2. The van der Waals surface area contributed by atoms with Crippen molar-refractivity contribution in [1.29, 1.82) is 0 Å². The number of carbonyl (C=O) groups excluding carboxylic acids is 1. The van der Waals surface area contributed by atoms with Crippen molar-refractivity contribution in [1.82, 2.24) is 4.98 Å². The highest BCUT2D eigenvalue weighted by molar-refractivity contribution is 6.32. The van der Waals surface area contributed by atoms with Crippen LogP contribution in [0.15, 0.2) is 77.2 Å². The fraction of sp³-hybridized carbons (Fsp3) is 0.0435. The van der Waals surface area contributed by atoms with Gasteiger partial charge >= 0.3 is 0 Å². The molecule has 0 aliphatic rings. The Bertz CT molecular complexity index is 1110. The summed E-state index contributed by atoms with van der Waals surface area (Å²) < 4.78 is 5.87. The highest BCUT2D eigenvalue weighted by Gasteiger charge is 2.20. The smallest absolute Gasteiger partial charge is 0.231 e. The van der Waals surface area contributed by atoms with Crippen LogP contribution in [0, 0.1) is 6.92 Å². The Kier molecular flexibility index (Phi) is 4.61. The molecule has 0 bridgehead atoms. The summed E-state index contributed by atoms with van der Waals surface area (Å²) in [7, 11) is 0. The molecule has 0 saturated heterocycles. The summed E-state index contributed by atoms with van der Waals surface area (Å²) in [5.74, 6) is 0.160. The number of rotatable bonds is 4. The second-order valence-electron chi connectivity index (χ2n) is 6.29. The predicted molar refractivity (Wildman–Crippen MR) is 109 cm³/mol. The molecule has 3 nitrogen and oxygen atoms in total. The average molecular weight is 374 g/mol. The molecule has 3 aromatic carbocycles. The predicted octanol–water partition coefficient (Wildman–Crippen LogP) is 6.21. The zero-order valence-electron chi connectivity index (χ0n) is 14.6. The lowest BCUT2D eigenvalue weighted by molar-refractivity contribution is 0.105. The first-order chi connectivity index (χ1) is 13.1. The molecule has 4 rings (SSSR count). The number of ketones is 1. The van der Waals surface area contributed by atoms with Crippen LogP contribution < -0.4 is 0 Å². The van der Waals surface area contributed by atoms with Gasteiger partial charge in [-0.05, 0) is 42.8 Å². The molecule has 0 saturated carbocycles. The number of aromatic nitrogens is 1. The van der Waals surface area contributed by atoms with Crippen LogP contribution in [0.2, 0.25) is 5.02 Å². The molecule has 0 aliphatic heterocycles. The van der Waals surface area contributed by atoms with E-state index in [1.807, 2.05) is 67.6 Å². The Balaban J connectivity index is 1.84. The molecule has 0 atom stereocenters. The van der Waals surface area contributed by atoms with Crippen LogP contribution in [0.4, 0.5) is 0 Å². The number of allylic oxidation sites excluding steroid dienone is 1. The van der Waals surface area contributed by atoms with Crippen molar-refractivity contribution in [3.63, 3.8) is 0 Å². The van der Waals surface area contributed by atoms with Crippen LogP contribution in [0.1, 0.15) is 27.4 Å². The zero-order valence-corrected chi connectivity index (χ0v) is 15.4. The standard InChI is InChI=1S/C23H16ClNO2/c1-15-6-10-17(11-7-15)22(26)19(14-16-8-12-18(24)13-9-16)23-25-20-4-2-3-5-21(20)27-23/h2-14H,1H3/b19-14-. The van der Waals surface area contributed by atoms with Crippen molar-refractivity contribution in [3.8, 4) is 0 Å². The number of benzene rings is 3. The summed E-state index contributed by atoms with van der Waals surface area (Å²) >= 11 is 5.97. The summed E-state index contributed by atoms with van der Waals surface area (Å²) in [5.41, 5.74) is 4.28. The largest absolute Gasteiger partial charge is 0.436 e. The van der Waals surface area contributed by atoms with Crippen molar-refractivity contribution in [2.75, 3.05) is 0 Å². The minimum atomic E-state index is -0.142. The van der Waals surface area contributed by atoms with Crippen molar-refractivity contribution in [2.24, 2.45) is 0 Å². The molecular weight excluding hydrogens is 358 g/mol. The Labute approximate surface area is 161 Å². The van der Waals surface area contributed by atoms with Crippen molar-refractivity contribution in [3.05, 3.63) is 100 Å². The lowest BCUT2D eigenvalue weighted by Crippen LogP contribution is -2.03. The second-order valence-corrected chi connectivity index (χ2v) is 6.73. The molecule has 132 valence electrons. The third-order valence-corrected chi connectivity index (χ3v) is 4.52. The number of fused-ring (bicyclic) bond motifs is 1. The van der Waals surface area contributed by atoms with Crippen LogP contribution in [0.25, 0.3) is 22.7 Å². The number of carbonyl (C=O) groups is 1. The molecule has 0 radical (unpaired) electrons. The Hall–Kier alpha value is -3.17. The van der Waals surface area contributed by atoms with Crippen LogP contribution >= 0.6 is 11.6 Å². The number of halogens is 1. The number of hydrogen-bond acceptors (Lipinski definition) is 3. The van der Waals surface area contributed by atoms with E-state index < -0.39 is 0 Å². The van der Waals surface area contributed by atoms with Gasteiger partial charge in [0.05, 0.1) is 5.57 Å². The van der Waals surface area contributed by atoms with Crippen molar-refractivity contribution in [2.45, 2.75) is 6.92 Å². The van der Waals surface area contributed by atoms with E-state index in [2.05, 4.69) is 4.98 Å². The van der Waals surface area contributed by atoms with E-state index in [-0.39, 0.29) is 5.78 Å². The Morgan fingerprint density at radius 1 is 0.963 bits per heavy atom. The molecule has 0 spiro atoms. The first-order valence-electron chi connectivity index (χ1n) is 8.55. The Morgan fingerprint density at radius 2 is 1.67 bits per heavy atom. The summed E-state index contributed by atoms with van der Waals surface area (Å²) in [5, 5.41) is 0.639. The maximum absolute atomic E-state index is 13.2. The van der Waals surface area contributed by atoms with Crippen LogP contribution in [-0.2, 0) is 0 Å². The number of hydrogen-bond donors (Lipinski definition) is 0. The molecule has 0 N–H and O–H groups in total. The first kappa shape index (κ1) is 17.3. The van der Waals surface area contributed by atoms with Gasteiger partial charge in [0.2, 0.25) is 5.89 Å². The molecule has 0 amide bonds. The Morgan fingerprint density at radius 3 is 2.37 bits per heavy atom. The van der Waals surface area contributed by atoms with Gasteiger partial charge in [-0.3, -0.25) is 4.79 Å². The second kappa shape index (κ2) is 7.22. The number of aryl methyl sites for hydroxylation is 1. The van der Waals surface area contributed by atoms with E-state index in [0.29, 0.717) is 33.1 Å². The number of oxazole rings is 1. The molecule has 4 aromatic rings. The molecule has 27 heavy (non-hydrogen) atoms. The first-order valence-corrected chi connectivity index (χ1v) is 8.92. The van der Waals surface area contributed by atoms with E-state index in [9.17, 15) is 4.79 Å².